The van der Waals surface area contributed by atoms with Gasteiger partial charge in [0.05, 0.1) is 4.92 Å². The van der Waals surface area contributed by atoms with Gasteiger partial charge < -0.3 is 16.4 Å². The van der Waals surface area contributed by atoms with E-state index in [0.717, 1.165) is 25.9 Å². The predicted molar refractivity (Wildman–Crippen MR) is 73.9 cm³/mol. The fourth-order valence-corrected chi connectivity index (χ4v) is 2.48. The molecule has 0 bridgehead atoms. The molecule has 2 unspecified atom stereocenters. The number of nitro groups is 1. The van der Waals surface area contributed by atoms with Crippen LogP contribution in [0.3, 0.4) is 0 Å². The number of rotatable bonds is 3. The van der Waals surface area contributed by atoms with Gasteiger partial charge in [0.25, 0.3) is 0 Å². The van der Waals surface area contributed by atoms with E-state index in [2.05, 4.69) is 16.8 Å². The van der Waals surface area contributed by atoms with Gasteiger partial charge in [-0.3, -0.25) is 10.1 Å². The summed E-state index contributed by atoms with van der Waals surface area (Å²) in [6.07, 6.45) is 1.91. The molecule has 2 atom stereocenters. The number of nitrogen functional groups attached to an aromatic ring is 1. The second-order valence-electron chi connectivity index (χ2n) is 4.90. The SMILES string of the molecule is CCC1CN(c2ccc([N+](=O)[O-])c(N)n2)CCC1N. The van der Waals surface area contributed by atoms with E-state index < -0.39 is 4.92 Å². The van der Waals surface area contributed by atoms with E-state index in [9.17, 15) is 10.1 Å². The van der Waals surface area contributed by atoms with Gasteiger partial charge in [0.2, 0.25) is 5.82 Å². The highest BCUT2D eigenvalue weighted by atomic mass is 16.6. The number of nitrogens with two attached hydrogens (primary N) is 2. The molecule has 1 aliphatic rings. The normalized spacial score (nSPS) is 23.4. The Morgan fingerprint density at radius 1 is 1.58 bits per heavy atom. The quantitative estimate of drug-likeness (QED) is 0.626. The zero-order chi connectivity index (χ0) is 14.0. The van der Waals surface area contributed by atoms with Crippen LogP contribution in [-0.2, 0) is 0 Å². The van der Waals surface area contributed by atoms with Gasteiger partial charge in [0, 0.05) is 25.2 Å². The van der Waals surface area contributed by atoms with Gasteiger partial charge in [0.15, 0.2) is 0 Å². The Morgan fingerprint density at radius 3 is 2.89 bits per heavy atom. The molecule has 0 spiro atoms. The summed E-state index contributed by atoms with van der Waals surface area (Å²) in [5.74, 6) is 1.07. The minimum absolute atomic E-state index is 0.0366. The van der Waals surface area contributed by atoms with Crippen molar-refractivity contribution in [1.82, 2.24) is 4.98 Å². The van der Waals surface area contributed by atoms with Crippen molar-refractivity contribution >= 4 is 17.3 Å². The van der Waals surface area contributed by atoms with Crippen molar-refractivity contribution in [2.45, 2.75) is 25.8 Å². The van der Waals surface area contributed by atoms with Crippen LogP contribution in [0.1, 0.15) is 19.8 Å². The molecule has 1 aromatic rings. The first-order chi connectivity index (χ1) is 9.02. The van der Waals surface area contributed by atoms with E-state index in [4.69, 9.17) is 11.5 Å². The first kappa shape index (κ1) is 13.5. The maximum Gasteiger partial charge on any atom is 0.311 e. The fourth-order valence-electron chi connectivity index (χ4n) is 2.48. The first-order valence-electron chi connectivity index (χ1n) is 6.44. The van der Waals surface area contributed by atoms with Crippen molar-refractivity contribution in [2.75, 3.05) is 23.7 Å². The number of piperidine rings is 1. The van der Waals surface area contributed by atoms with Crippen molar-refractivity contribution in [3.05, 3.63) is 22.2 Å². The maximum absolute atomic E-state index is 10.7. The van der Waals surface area contributed by atoms with Crippen molar-refractivity contribution in [2.24, 2.45) is 11.7 Å². The monoisotopic (exact) mass is 265 g/mol. The smallest absolute Gasteiger partial charge is 0.311 e. The Balaban J connectivity index is 2.18. The molecule has 0 aliphatic carbocycles. The van der Waals surface area contributed by atoms with Crippen LogP contribution in [-0.4, -0.2) is 29.0 Å². The molecule has 19 heavy (non-hydrogen) atoms. The van der Waals surface area contributed by atoms with Gasteiger partial charge in [-0.1, -0.05) is 13.3 Å². The standard InChI is InChI=1S/C12H19N5O2/c1-2-8-7-16(6-5-9(8)13)11-4-3-10(17(18)19)12(14)15-11/h3-4,8-9H,2,5-7,13H2,1H3,(H2,14,15). The molecule has 1 aromatic heterocycles. The lowest BCUT2D eigenvalue weighted by molar-refractivity contribution is -0.384. The molecule has 1 aliphatic heterocycles. The number of hydrogen-bond donors (Lipinski definition) is 2. The van der Waals surface area contributed by atoms with Gasteiger partial charge in [-0.05, 0) is 18.4 Å². The molecule has 104 valence electrons. The number of hydrogen-bond acceptors (Lipinski definition) is 6. The molecule has 4 N–H and O–H groups in total. The lowest BCUT2D eigenvalue weighted by Gasteiger charge is -2.37. The van der Waals surface area contributed by atoms with Crippen molar-refractivity contribution in [3.63, 3.8) is 0 Å². The van der Waals surface area contributed by atoms with E-state index in [1.807, 2.05) is 0 Å². The third-order valence-electron chi connectivity index (χ3n) is 3.73. The summed E-state index contributed by atoms with van der Waals surface area (Å²) in [6, 6.07) is 3.28. The maximum atomic E-state index is 10.7. The number of aromatic nitrogens is 1. The van der Waals surface area contributed by atoms with E-state index in [0.29, 0.717) is 11.7 Å². The molecule has 1 fully saturated rings. The van der Waals surface area contributed by atoms with Gasteiger partial charge in [0.1, 0.15) is 5.82 Å². The highest BCUT2D eigenvalue weighted by Gasteiger charge is 2.26. The van der Waals surface area contributed by atoms with Crippen molar-refractivity contribution in [1.29, 1.82) is 0 Å². The summed E-state index contributed by atoms with van der Waals surface area (Å²) in [7, 11) is 0. The van der Waals surface area contributed by atoms with Crippen LogP contribution < -0.4 is 16.4 Å². The van der Waals surface area contributed by atoms with Crippen molar-refractivity contribution in [3.8, 4) is 0 Å². The zero-order valence-electron chi connectivity index (χ0n) is 11.0. The Kier molecular flexibility index (Phi) is 3.84. The van der Waals surface area contributed by atoms with Crippen LogP contribution in [0.4, 0.5) is 17.3 Å². The minimum Gasteiger partial charge on any atom is -0.378 e. The van der Waals surface area contributed by atoms with Crippen LogP contribution in [0.25, 0.3) is 0 Å². The third kappa shape index (κ3) is 2.76. The average Bonchev–Trinajstić information content (AvgIpc) is 2.38. The van der Waals surface area contributed by atoms with Crippen molar-refractivity contribution < 1.29 is 4.92 Å². The average molecular weight is 265 g/mol. The predicted octanol–water partition coefficient (Wildman–Crippen LogP) is 1.14. The number of nitrogens with zero attached hydrogens (tertiary/aromatic N) is 3. The van der Waals surface area contributed by atoms with Crippen LogP contribution in [0, 0.1) is 16.0 Å². The molecule has 0 saturated carbocycles. The molecule has 7 heteroatoms. The van der Waals surface area contributed by atoms with Gasteiger partial charge in [-0.2, -0.15) is 0 Å². The molecular weight excluding hydrogens is 246 g/mol. The molecule has 0 amide bonds. The Labute approximate surface area is 111 Å². The fraction of sp³-hybridized carbons (Fsp3) is 0.583. The molecule has 2 heterocycles. The Bertz CT molecular complexity index is 479. The second kappa shape index (κ2) is 5.40. The zero-order valence-corrected chi connectivity index (χ0v) is 11.0. The summed E-state index contributed by atoms with van der Waals surface area (Å²) in [5.41, 5.74) is 11.5. The molecule has 2 rings (SSSR count). The van der Waals surface area contributed by atoms with E-state index >= 15 is 0 Å². The largest absolute Gasteiger partial charge is 0.378 e. The Hall–Kier alpha value is -1.89. The Morgan fingerprint density at radius 2 is 2.32 bits per heavy atom. The van der Waals surface area contributed by atoms with Crippen LogP contribution in [0.15, 0.2) is 12.1 Å². The summed E-state index contributed by atoms with van der Waals surface area (Å²) < 4.78 is 0. The molecule has 0 radical (unpaired) electrons. The van der Waals surface area contributed by atoms with Gasteiger partial charge >= 0.3 is 5.69 Å². The molecule has 7 nitrogen and oxygen atoms in total. The molecule has 0 aromatic carbocycles. The summed E-state index contributed by atoms with van der Waals surface area (Å²) in [6.45, 7) is 3.75. The van der Waals surface area contributed by atoms with Crippen LogP contribution in [0.5, 0.6) is 0 Å². The summed E-state index contributed by atoms with van der Waals surface area (Å²) >= 11 is 0. The lowest BCUT2D eigenvalue weighted by atomic mass is 9.91. The van der Waals surface area contributed by atoms with Gasteiger partial charge in [-0.25, -0.2) is 4.98 Å². The second-order valence-corrected chi connectivity index (χ2v) is 4.90. The summed E-state index contributed by atoms with van der Waals surface area (Å²) in [4.78, 5) is 16.4. The van der Waals surface area contributed by atoms with Gasteiger partial charge in [-0.15, -0.1) is 0 Å². The van der Waals surface area contributed by atoms with E-state index in [1.54, 1.807) is 6.07 Å². The van der Waals surface area contributed by atoms with E-state index in [-0.39, 0.29) is 17.5 Å². The van der Waals surface area contributed by atoms with E-state index in [1.165, 1.54) is 6.07 Å². The first-order valence-corrected chi connectivity index (χ1v) is 6.44. The third-order valence-corrected chi connectivity index (χ3v) is 3.73. The summed E-state index contributed by atoms with van der Waals surface area (Å²) in [5, 5.41) is 10.7. The molecular formula is C12H19N5O2. The minimum atomic E-state index is -0.521. The number of anilines is 2. The van der Waals surface area contributed by atoms with Crippen LogP contribution in [0.2, 0.25) is 0 Å². The number of pyridine rings is 1. The highest BCUT2D eigenvalue weighted by Crippen LogP contribution is 2.27. The lowest BCUT2D eigenvalue weighted by Crippen LogP contribution is -2.47. The topological polar surface area (TPSA) is 111 Å². The highest BCUT2D eigenvalue weighted by molar-refractivity contribution is 5.58. The van der Waals surface area contributed by atoms with Crippen LogP contribution >= 0.6 is 0 Å². The molecule has 1 saturated heterocycles.